The molecule has 0 spiro atoms. The van der Waals surface area contributed by atoms with Crippen LogP contribution in [0.15, 0.2) is 78.9 Å². The first-order valence-electron chi connectivity index (χ1n) is 13.3. The molecule has 12 heteroatoms. The zero-order chi connectivity index (χ0) is 30.9. The molecule has 0 fully saturated rings. The van der Waals surface area contributed by atoms with Gasteiger partial charge in [0, 0.05) is 38.0 Å². The molecule has 1 atom stereocenters. The molecule has 0 aromatic heterocycles. The predicted molar refractivity (Wildman–Crippen MR) is 152 cm³/mol. The van der Waals surface area contributed by atoms with Crippen molar-refractivity contribution in [2.24, 2.45) is 0 Å². The van der Waals surface area contributed by atoms with Gasteiger partial charge in [-0.3, -0.25) is 13.9 Å². The number of halogens is 4. The van der Waals surface area contributed by atoms with Gasteiger partial charge in [0.05, 0.1) is 17.5 Å². The number of benzene rings is 3. The van der Waals surface area contributed by atoms with Crippen molar-refractivity contribution in [2.75, 3.05) is 23.7 Å². The van der Waals surface area contributed by atoms with E-state index in [4.69, 9.17) is 0 Å². The molecule has 3 aromatic carbocycles. The molecule has 0 radical (unpaired) electrons. The van der Waals surface area contributed by atoms with E-state index in [2.05, 4.69) is 5.32 Å². The van der Waals surface area contributed by atoms with Gasteiger partial charge in [0.25, 0.3) is 0 Å². The van der Waals surface area contributed by atoms with Crippen LogP contribution in [0.5, 0.6) is 0 Å². The van der Waals surface area contributed by atoms with Crippen molar-refractivity contribution >= 4 is 27.5 Å². The van der Waals surface area contributed by atoms with E-state index in [1.807, 2.05) is 6.07 Å². The second-order valence-electron chi connectivity index (χ2n) is 9.70. The normalized spacial score (nSPS) is 12.4. The monoisotopic (exact) mass is 607 g/mol. The maximum Gasteiger partial charge on any atom is 0.416 e. The maximum absolute atomic E-state index is 14.7. The van der Waals surface area contributed by atoms with Crippen LogP contribution in [-0.4, -0.2) is 50.5 Å². The molecule has 226 valence electrons. The Balaban J connectivity index is 1.88. The van der Waals surface area contributed by atoms with E-state index in [1.165, 1.54) is 29.2 Å². The van der Waals surface area contributed by atoms with E-state index in [0.29, 0.717) is 6.54 Å². The number of hydrogen-bond acceptors (Lipinski definition) is 4. The Morgan fingerprint density at radius 2 is 1.62 bits per heavy atom. The first kappa shape index (κ1) is 32.6. The largest absolute Gasteiger partial charge is 0.416 e. The number of likely N-dealkylation sites (N-methyl/N-ethyl adjacent to an activating group) is 1. The van der Waals surface area contributed by atoms with Crippen LogP contribution in [0.4, 0.5) is 23.2 Å². The predicted octanol–water partition coefficient (Wildman–Crippen LogP) is 5.17. The quantitative estimate of drug-likeness (QED) is 0.272. The molecule has 0 saturated carbocycles. The van der Waals surface area contributed by atoms with Gasteiger partial charge < -0.3 is 10.2 Å². The number of nitrogens with one attached hydrogen (secondary N) is 1. The molecule has 1 unspecified atom stereocenters. The molecule has 2 amide bonds. The van der Waals surface area contributed by atoms with Crippen molar-refractivity contribution in [3.05, 3.63) is 101 Å². The highest BCUT2D eigenvalue weighted by Crippen LogP contribution is 2.32. The highest BCUT2D eigenvalue weighted by atomic mass is 32.2. The summed E-state index contributed by atoms with van der Waals surface area (Å²) >= 11 is 0. The van der Waals surface area contributed by atoms with Gasteiger partial charge in [-0.05, 0) is 43.2 Å². The lowest BCUT2D eigenvalue weighted by atomic mass is 10.0. The minimum absolute atomic E-state index is 0.0661. The minimum Gasteiger partial charge on any atom is -0.355 e. The highest BCUT2D eigenvalue weighted by molar-refractivity contribution is 7.92. The van der Waals surface area contributed by atoms with Crippen molar-refractivity contribution in [3.8, 4) is 0 Å². The van der Waals surface area contributed by atoms with Crippen LogP contribution in [0.3, 0.4) is 0 Å². The molecule has 1 N–H and O–H groups in total. The van der Waals surface area contributed by atoms with Crippen LogP contribution in [0.2, 0.25) is 0 Å². The molecule has 0 aliphatic carbocycles. The fraction of sp³-hybridized carbons (Fsp3) is 0.333. The Labute approximate surface area is 243 Å². The molecule has 7 nitrogen and oxygen atoms in total. The molecular formula is C30H33F4N3O4S. The Hall–Kier alpha value is -3.93. The summed E-state index contributed by atoms with van der Waals surface area (Å²) in [6.45, 7) is 1.52. The third-order valence-corrected chi connectivity index (χ3v) is 7.73. The molecule has 3 rings (SSSR count). The van der Waals surface area contributed by atoms with E-state index in [0.717, 1.165) is 34.3 Å². The van der Waals surface area contributed by atoms with Gasteiger partial charge in [-0.2, -0.15) is 13.2 Å². The molecule has 0 aliphatic heterocycles. The number of hydrogen-bond donors (Lipinski definition) is 1. The summed E-state index contributed by atoms with van der Waals surface area (Å²) in [5, 5.41) is 2.73. The third-order valence-electron chi connectivity index (χ3n) is 6.53. The number of carbonyl (C=O) groups excluding carboxylic acids is 2. The van der Waals surface area contributed by atoms with Gasteiger partial charge in [-0.25, -0.2) is 12.8 Å². The van der Waals surface area contributed by atoms with Crippen molar-refractivity contribution in [3.63, 3.8) is 0 Å². The van der Waals surface area contributed by atoms with Crippen LogP contribution in [0.1, 0.15) is 36.5 Å². The summed E-state index contributed by atoms with van der Waals surface area (Å²) in [4.78, 5) is 28.1. The van der Waals surface area contributed by atoms with E-state index in [9.17, 15) is 35.6 Å². The highest BCUT2D eigenvalue weighted by Gasteiger charge is 2.33. The number of sulfonamides is 1. The van der Waals surface area contributed by atoms with Crippen LogP contribution in [-0.2, 0) is 38.8 Å². The smallest absolute Gasteiger partial charge is 0.355 e. The Morgan fingerprint density at radius 3 is 2.24 bits per heavy atom. The van der Waals surface area contributed by atoms with Gasteiger partial charge in [-0.15, -0.1) is 0 Å². The zero-order valence-corrected chi connectivity index (χ0v) is 24.1. The van der Waals surface area contributed by atoms with Gasteiger partial charge >= 0.3 is 6.18 Å². The van der Waals surface area contributed by atoms with Crippen molar-refractivity contribution in [2.45, 2.75) is 44.9 Å². The summed E-state index contributed by atoms with van der Waals surface area (Å²) in [6.07, 6.45) is -3.97. The molecule has 0 saturated heterocycles. The van der Waals surface area contributed by atoms with Crippen molar-refractivity contribution in [1.29, 1.82) is 0 Å². The van der Waals surface area contributed by atoms with Gasteiger partial charge in [0.15, 0.2) is 0 Å². The van der Waals surface area contributed by atoms with E-state index in [1.54, 1.807) is 37.3 Å². The van der Waals surface area contributed by atoms with Crippen LogP contribution in [0, 0.1) is 5.82 Å². The van der Waals surface area contributed by atoms with Gasteiger partial charge in [0.2, 0.25) is 21.8 Å². The lowest BCUT2D eigenvalue weighted by Crippen LogP contribution is -2.50. The summed E-state index contributed by atoms with van der Waals surface area (Å²) in [7, 11) is -4.00. The number of carbonyl (C=O) groups is 2. The van der Waals surface area contributed by atoms with Crippen molar-refractivity contribution < 1.29 is 35.6 Å². The standard InChI is InChI=1S/C30H33F4N3O4S/c1-3-35-29(39)27(19-22-11-5-4-6-12-22)36(21-23-13-7-8-16-26(23)31)28(38)17-10-18-37(42(2,40)41)25-15-9-14-24(20-25)30(32,33)34/h4-9,11-16,20,27H,3,10,17-19,21H2,1-2H3,(H,35,39). The number of amides is 2. The van der Waals surface area contributed by atoms with Crippen LogP contribution < -0.4 is 9.62 Å². The number of nitrogens with zero attached hydrogens (tertiary/aromatic N) is 2. The number of anilines is 1. The number of alkyl halides is 3. The molecule has 42 heavy (non-hydrogen) atoms. The molecule has 0 aliphatic rings. The summed E-state index contributed by atoms with van der Waals surface area (Å²) in [5.74, 6) is -1.53. The molecule has 0 bridgehead atoms. The number of rotatable bonds is 13. The lowest BCUT2D eigenvalue weighted by molar-refractivity contribution is -0.141. The first-order valence-corrected chi connectivity index (χ1v) is 15.2. The van der Waals surface area contributed by atoms with E-state index < -0.39 is 45.4 Å². The fourth-order valence-corrected chi connectivity index (χ4v) is 5.45. The van der Waals surface area contributed by atoms with Gasteiger partial charge in [0.1, 0.15) is 11.9 Å². The van der Waals surface area contributed by atoms with Crippen LogP contribution >= 0.6 is 0 Å². The molecule has 0 heterocycles. The third kappa shape index (κ3) is 9.04. The second-order valence-corrected chi connectivity index (χ2v) is 11.6. The molecule has 3 aromatic rings. The van der Waals surface area contributed by atoms with E-state index in [-0.39, 0.29) is 43.6 Å². The first-order chi connectivity index (χ1) is 19.8. The Morgan fingerprint density at radius 1 is 0.952 bits per heavy atom. The maximum atomic E-state index is 14.7. The summed E-state index contributed by atoms with van der Waals surface area (Å²) < 4.78 is 80.2. The van der Waals surface area contributed by atoms with Crippen LogP contribution in [0.25, 0.3) is 0 Å². The van der Waals surface area contributed by atoms with Crippen molar-refractivity contribution in [1.82, 2.24) is 10.2 Å². The second kappa shape index (κ2) is 14.3. The van der Waals surface area contributed by atoms with Gasteiger partial charge in [-0.1, -0.05) is 54.6 Å². The summed E-state index contributed by atoms with van der Waals surface area (Å²) in [6, 6.07) is 17.8. The zero-order valence-electron chi connectivity index (χ0n) is 23.3. The molecular weight excluding hydrogens is 574 g/mol. The SMILES string of the molecule is CCNC(=O)C(Cc1ccccc1)N(Cc1ccccc1F)C(=O)CCCN(c1cccc(C(F)(F)F)c1)S(C)(=O)=O. The minimum atomic E-state index is -4.67. The lowest BCUT2D eigenvalue weighted by Gasteiger charge is -2.32. The average molecular weight is 608 g/mol. The Kier molecular flexibility index (Phi) is 11.1. The Bertz CT molecular complexity index is 1470. The average Bonchev–Trinajstić information content (AvgIpc) is 2.93. The van der Waals surface area contributed by atoms with E-state index >= 15 is 0 Å². The summed E-state index contributed by atoms with van der Waals surface area (Å²) in [5.41, 5.74) is -0.235. The topological polar surface area (TPSA) is 86.8 Å². The fourth-order valence-electron chi connectivity index (χ4n) is 4.50.